The first-order valence-corrected chi connectivity index (χ1v) is 8.57. The van der Waals surface area contributed by atoms with E-state index in [9.17, 15) is 4.79 Å². The number of likely N-dealkylation sites (tertiary alicyclic amines) is 1. The van der Waals surface area contributed by atoms with E-state index >= 15 is 0 Å². The molecule has 1 aliphatic rings. The molecular formula is C19H29NO. The van der Waals surface area contributed by atoms with Crippen molar-refractivity contribution in [3.63, 3.8) is 0 Å². The predicted molar refractivity (Wildman–Crippen MR) is 88.8 cm³/mol. The van der Waals surface area contributed by atoms with Gasteiger partial charge in [-0.05, 0) is 50.3 Å². The third-order valence-corrected chi connectivity index (χ3v) is 4.70. The first-order chi connectivity index (χ1) is 10.2. The largest absolute Gasteiger partial charge is 0.296 e. The quantitative estimate of drug-likeness (QED) is 0.726. The first-order valence-electron chi connectivity index (χ1n) is 8.57. The predicted octanol–water partition coefficient (Wildman–Crippen LogP) is 4.33. The molecule has 1 aliphatic heterocycles. The van der Waals surface area contributed by atoms with Crippen LogP contribution in [0.4, 0.5) is 0 Å². The molecule has 116 valence electrons. The highest BCUT2D eigenvalue weighted by Gasteiger charge is 2.18. The number of nitrogens with zero attached hydrogens (tertiary/aromatic N) is 1. The van der Waals surface area contributed by atoms with Gasteiger partial charge in [0.25, 0.3) is 0 Å². The molecule has 1 aromatic rings. The molecule has 1 unspecified atom stereocenters. The van der Waals surface area contributed by atoms with E-state index in [-0.39, 0.29) is 5.78 Å². The summed E-state index contributed by atoms with van der Waals surface area (Å²) in [4.78, 5) is 14.7. The van der Waals surface area contributed by atoms with Gasteiger partial charge in [-0.3, -0.25) is 9.69 Å². The molecule has 1 atom stereocenters. The molecule has 21 heavy (non-hydrogen) atoms. The minimum atomic E-state index is 0.271. The van der Waals surface area contributed by atoms with Crippen LogP contribution in [0.1, 0.15) is 61.9 Å². The average Bonchev–Trinajstić information content (AvgIpc) is 2.73. The maximum Gasteiger partial charge on any atom is 0.176 e. The fourth-order valence-electron chi connectivity index (χ4n) is 3.23. The van der Waals surface area contributed by atoms with Crippen LogP contribution in [0.2, 0.25) is 0 Å². The Bertz CT molecular complexity index is 437. The van der Waals surface area contributed by atoms with Crippen LogP contribution in [0, 0.1) is 5.92 Å². The standard InChI is InChI=1S/C19H29NO/c1-3-6-17-8-10-18(11-9-17)19(21)15-20-13-5-7-16(4-2)12-14-20/h8-11,16H,3-7,12-15H2,1-2H3. The van der Waals surface area contributed by atoms with Crippen molar-refractivity contribution >= 4 is 5.78 Å². The number of aryl methyl sites for hydroxylation is 1. The summed E-state index contributed by atoms with van der Waals surface area (Å²) in [5.41, 5.74) is 2.20. The summed E-state index contributed by atoms with van der Waals surface area (Å²) in [6, 6.07) is 8.21. The van der Waals surface area contributed by atoms with E-state index in [0.717, 1.165) is 37.4 Å². The second-order valence-electron chi connectivity index (χ2n) is 6.35. The Kier molecular flexibility index (Phi) is 6.44. The Balaban J connectivity index is 1.88. The fourth-order valence-corrected chi connectivity index (χ4v) is 3.23. The normalized spacial score (nSPS) is 20.2. The van der Waals surface area contributed by atoms with Gasteiger partial charge in [0.2, 0.25) is 0 Å². The van der Waals surface area contributed by atoms with Gasteiger partial charge in [0.1, 0.15) is 0 Å². The van der Waals surface area contributed by atoms with E-state index in [1.165, 1.54) is 31.2 Å². The highest BCUT2D eigenvalue weighted by Crippen LogP contribution is 2.20. The number of hydrogen-bond donors (Lipinski definition) is 0. The third-order valence-electron chi connectivity index (χ3n) is 4.70. The van der Waals surface area contributed by atoms with Gasteiger partial charge in [0.05, 0.1) is 6.54 Å². The molecule has 2 heteroatoms. The molecule has 0 aliphatic carbocycles. The average molecular weight is 287 g/mol. The number of Topliss-reactive ketones (excluding diaryl/α,β-unsaturated/α-hetero) is 1. The molecule has 0 radical (unpaired) electrons. The lowest BCUT2D eigenvalue weighted by molar-refractivity contribution is 0.0932. The summed E-state index contributed by atoms with van der Waals surface area (Å²) in [5.74, 6) is 1.13. The monoisotopic (exact) mass is 287 g/mol. The van der Waals surface area contributed by atoms with Crippen LogP contribution in [0.15, 0.2) is 24.3 Å². The SMILES string of the molecule is CCCc1ccc(C(=O)CN2CCCC(CC)CC2)cc1. The Morgan fingerprint density at radius 2 is 1.90 bits per heavy atom. The summed E-state index contributed by atoms with van der Waals surface area (Å²) >= 11 is 0. The number of carbonyl (C=O) groups excluding carboxylic acids is 1. The molecule has 1 aromatic carbocycles. The Morgan fingerprint density at radius 3 is 2.57 bits per heavy atom. The van der Waals surface area contributed by atoms with E-state index in [4.69, 9.17) is 0 Å². The van der Waals surface area contributed by atoms with Gasteiger partial charge in [-0.25, -0.2) is 0 Å². The van der Waals surface area contributed by atoms with Gasteiger partial charge in [-0.15, -0.1) is 0 Å². The zero-order chi connectivity index (χ0) is 15.1. The molecule has 1 heterocycles. The molecule has 2 rings (SSSR count). The van der Waals surface area contributed by atoms with E-state index in [0.29, 0.717) is 6.54 Å². The van der Waals surface area contributed by atoms with Crippen LogP contribution in [0.3, 0.4) is 0 Å². The number of hydrogen-bond acceptors (Lipinski definition) is 2. The van der Waals surface area contributed by atoms with Crippen LogP contribution in [0.5, 0.6) is 0 Å². The van der Waals surface area contributed by atoms with E-state index < -0.39 is 0 Å². The van der Waals surface area contributed by atoms with Crippen LogP contribution in [0.25, 0.3) is 0 Å². The molecule has 0 N–H and O–H groups in total. The zero-order valence-electron chi connectivity index (χ0n) is 13.6. The van der Waals surface area contributed by atoms with Crippen molar-refractivity contribution in [1.29, 1.82) is 0 Å². The number of rotatable bonds is 6. The summed E-state index contributed by atoms with van der Waals surface area (Å²) in [6.45, 7) is 7.21. The maximum absolute atomic E-state index is 12.4. The highest BCUT2D eigenvalue weighted by molar-refractivity contribution is 5.97. The van der Waals surface area contributed by atoms with Crippen molar-refractivity contribution in [2.75, 3.05) is 19.6 Å². The van der Waals surface area contributed by atoms with Crippen molar-refractivity contribution in [1.82, 2.24) is 4.90 Å². The molecule has 0 aromatic heterocycles. The van der Waals surface area contributed by atoms with E-state index in [1.54, 1.807) is 0 Å². The van der Waals surface area contributed by atoms with Crippen LogP contribution in [-0.2, 0) is 6.42 Å². The van der Waals surface area contributed by atoms with Gasteiger partial charge < -0.3 is 0 Å². The fraction of sp³-hybridized carbons (Fsp3) is 0.632. The number of carbonyl (C=O) groups is 1. The first kappa shape index (κ1) is 16.2. The van der Waals surface area contributed by atoms with Crippen LogP contribution in [-0.4, -0.2) is 30.3 Å². The molecule has 0 bridgehead atoms. The van der Waals surface area contributed by atoms with Crippen molar-refractivity contribution in [2.45, 2.75) is 52.4 Å². The Labute approximate surface area is 129 Å². The lowest BCUT2D eigenvalue weighted by atomic mass is 9.98. The summed E-state index contributed by atoms with van der Waals surface area (Å²) in [6.07, 6.45) is 7.34. The summed E-state index contributed by atoms with van der Waals surface area (Å²) in [7, 11) is 0. The highest BCUT2D eigenvalue weighted by atomic mass is 16.1. The molecule has 0 amide bonds. The topological polar surface area (TPSA) is 20.3 Å². The molecule has 0 saturated carbocycles. The summed E-state index contributed by atoms with van der Waals surface area (Å²) < 4.78 is 0. The minimum Gasteiger partial charge on any atom is -0.296 e. The second kappa shape index (κ2) is 8.33. The number of benzene rings is 1. The van der Waals surface area contributed by atoms with Gasteiger partial charge in [0.15, 0.2) is 5.78 Å². The Hall–Kier alpha value is -1.15. The van der Waals surface area contributed by atoms with Crippen LogP contribution >= 0.6 is 0 Å². The molecule has 2 nitrogen and oxygen atoms in total. The molecular weight excluding hydrogens is 258 g/mol. The van der Waals surface area contributed by atoms with E-state index in [2.05, 4.69) is 30.9 Å². The lowest BCUT2D eigenvalue weighted by Crippen LogP contribution is -2.31. The second-order valence-corrected chi connectivity index (χ2v) is 6.35. The van der Waals surface area contributed by atoms with Crippen LogP contribution < -0.4 is 0 Å². The van der Waals surface area contributed by atoms with Crippen molar-refractivity contribution < 1.29 is 4.79 Å². The van der Waals surface area contributed by atoms with Gasteiger partial charge >= 0.3 is 0 Å². The van der Waals surface area contributed by atoms with Gasteiger partial charge in [-0.1, -0.05) is 51.0 Å². The molecule has 0 spiro atoms. The lowest BCUT2D eigenvalue weighted by Gasteiger charge is -2.19. The zero-order valence-corrected chi connectivity index (χ0v) is 13.6. The van der Waals surface area contributed by atoms with E-state index in [1.807, 2.05) is 12.1 Å². The Morgan fingerprint density at radius 1 is 1.14 bits per heavy atom. The van der Waals surface area contributed by atoms with Crippen molar-refractivity contribution in [2.24, 2.45) is 5.92 Å². The smallest absolute Gasteiger partial charge is 0.176 e. The molecule has 1 saturated heterocycles. The van der Waals surface area contributed by atoms with Crippen molar-refractivity contribution in [3.05, 3.63) is 35.4 Å². The van der Waals surface area contributed by atoms with Crippen molar-refractivity contribution in [3.8, 4) is 0 Å². The summed E-state index contributed by atoms with van der Waals surface area (Å²) in [5, 5.41) is 0. The minimum absolute atomic E-state index is 0.271. The molecule has 1 fully saturated rings. The third kappa shape index (κ3) is 4.96. The number of ketones is 1. The maximum atomic E-state index is 12.4. The van der Waals surface area contributed by atoms with Gasteiger partial charge in [0, 0.05) is 5.56 Å². The van der Waals surface area contributed by atoms with Gasteiger partial charge in [-0.2, -0.15) is 0 Å².